The first-order valence-corrected chi connectivity index (χ1v) is 10.5. The summed E-state index contributed by atoms with van der Waals surface area (Å²) in [5.41, 5.74) is 1.18. The normalized spacial score (nSPS) is 19.5. The van der Waals surface area contributed by atoms with Crippen LogP contribution in [-0.2, 0) is 4.74 Å². The molecule has 1 aliphatic heterocycles. The number of nitrogens with zero attached hydrogens (tertiary/aromatic N) is 3. The van der Waals surface area contributed by atoms with E-state index < -0.39 is 4.92 Å². The van der Waals surface area contributed by atoms with E-state index in [0.717, 1.165) is 10.4 Å². The molecule has 1 saturated heterocycles. The van der Waals surface area contributed by atoms with Gasteiger partial charge in [0.2, 0.25) is 5.75 Å². The van der Waals surface area contributed by atoms with Crippen molar-refractivity contribution in [3.05, 3.63) is 50.5 Å². The molecule has 2 atom stereocenters. The summed E-state index contributed by atoms with van der Waals surface area (Å²) in [6.07, 6.45) is 0.0982. The molecule has 152 valence electrons. The van der Waals surface area contributed by atoms with Crippen LogP contribution >= 0.6 is 34.5 Å². The van der Waals surface area contributed by atoms with Crippen LogP contribution in [0.5, 0.6) is 10.9 Å². The van der Waals surface area contributed by atoms with E-state index in [4.69, 9.17) is 32.7 Å². The van der Waals surface area contributed by atoms with Crippen LogP contribution in [0, 0.1) is 10.1 Å². The average Bonchev–Trinajstić information content (AvgIpc) is 3.03. The first-order valence-electron chi connectivity index (χ1n) is 8.92. The van der Waals surface area contributed by atoms with Crippen molar-refractivity contribution in [3.63, 3.8) is 0 Å². The number of hydrogen-bond acceptors (Lipinski definition) is 7. The molecule has 0 aliphatic carbocycles. The predicted molar refractivity (Wildman–Crippen MR) is 115 cm³/mol. The maximum Gasteiger partial charge on any atom is 0.313 e. The van der Waals surface area contributed by atoms with Crippen LogP contribution < -0.4 is 9.64 Å². The Morgan fingerprint density at radius 2 is 1.97 bits per heavy atom. The van der Waals surface area contributed by atoms with E-state index in [1.807, 2.05) is 19.9 Å². The van der Waals surface area contributed by atoms with Gasteiger partial charge in [-0.1, -0.05) is 34.5 Å². The highest BCUT2D eigenvalue weighted by atomic mass is 35.5. The lowest BCUT2D eigenvalue weighted by Crippen LogP contribution is -2.45. The smallest absolute Gasteiger partial charge is 0.313 e. The predicted octanol–water partition coefficient (Wildman–Crippen LogP) is 5.92. The van der Waals surface area contributed by atoms with Crippen LogP contribution in [0.25, 0.3) is 10.2 Å². The lowest BCUT2D eigenvalue weighted by Gasteiger charge is -2.36. The number of fused-ring (bicyclic) bond motifs is 1. The fourth-order valence-corrected chi connectivity index (χ4v) is 4.95. The molecular formula is C19H17Cl2N3O4S. The third-order valence-electron chi connectivity index (χ3n) is 4.51. The van der Waals surface area contributed by atoms with Gasteiger partial charge in [-0.2, -0.15) is 0 Å². The second-order valence-electron chi connectivity index (χ2n) is 6.89. The second kappa shape index (κ2) is 7.95. The molecule has 7 nitrogen and oxygen atoms in total. The fourth-order valence-electron chi connectivity index (χ4n) is 3.39. The minimum Gasteiger partial charge on any atom is -0.423 e. The lowest BCUT2D eigenvalue weighted by atomic mass is 10.2. The number of halogens is 2. The average molecular weight is 454 g/mol. The molecule has 29 heavy (non-hydrogen) atoms. The quantitative estimate of drug-likeness (QED) is 0.360. The van der Waals surface area contributed by atoms with Crippen LogP contribution in [0.15, 0.2) is 30.3 Å². The zero-order valence-corrected chi connectivity index (χ0v) is 17.9. The maximum atomic E-state index is 11.7. The van der Waals surface area contributed by atoms with Gasteiger partial charge in [-0.15, -0.1) is 0 Å². The van der Waals surface area contributed by atoms with Crippen molar-refractivity contribution in [2.45, 2.75) is 26.1 Å². The molecule has 10 heteroatoms. The van der Waals surface area contributed by atoms with E-state index in [9.17, 15) is 10.1 Å². The first-order chi connectivity index (χ1) is 13.8. The van der Waals surface area contributed by atoms with Gasteiger partial charge in [-0.05, 0) is 38.1 Å². The molecule has 2 heterocycles. The van der Waals surface area contributed by atoms with E-state index in [-0.39, 0.29) is 28.8 Å². The second-order valence-corrected chi connectivity index (χ2v) is 8.72. The molecule has 0 amide bonds. The Hall–Kier alpha value is -2.13. The first kappa shape index (κ1) is 20.2. The highest BCUT2D eigenvalue weighted by Crippen LogP contribution is 2.40. The summed E-state index contributed by atoms with van der Waals surface area (Å²) in [6.45, 7) is 5.30. The third-order valence-corrected chi connectivity index (χ3v) is 5.90. The van der Waals surface area contributed by atoms with Crippen molar-refractivity contribution in [1.82, 2.24) is 4.98 Å². The number of nitro groups is 1. The van der Waals surface area contributed by atoms with Crippen LogP contribution in [0.3, 0.4) is 0 Å². The molecule has 0 bridgehead atoms. The van der Waals surface area contributed by atoms with Gasteiger partial charge in [0.25, 0.3) is 5.19 Å². The molecule has 0 unspecified atom stereocenters. The molecule has 1 aromatic heterocycles. The summed E-state index contributed by atoms with van der Waals surface area (Å²) >= 11 is 13.4. The van der Waals surface area contributed by atoms with Gasteiger partial charge in [0.05, 0.1) is 26.9 Å². The number of aromatic nitrogens is 1. The Morgan fingerprint density at radius 3 is 2.66 bits per heavy atom. The lowest BCUT2D eigenvalue weighted by molar-refractivity contribution is -0.385. The molecule has 2 aromatic carbocycles. The topological polar surface area (TPSA) is 77.7 Å². The number of hydrogen-bond donors (Lipinski definition) is 0. The summed E-state index contributed by atoms with van der Waals surface area (Å²) in [7, 11) is 0. The summed E-state index contributed by atoms with van der Waals surface area (Å²) in [6, 6.07) is 8.25. The Balaban J connectivity index is 1.65. The highest BCUT2D eigenvalue weighted by Gasteiger charge is 2.26. The van der Waals surface area contributed by atoms with Crippen molar-refractivity contribution >= 4 is 56.1 Å². The standard InChI is InChI=1S/C19H17Cl2N3O4S/c1-10-8-23(9-11(2)27-10)13-3-4-16(15(7-13)24(25)26)28-19-22-18-14(21)5-12(20)6-17(18)29-19/h3-7,10-11H,8-9H2,1-2H3/t10-,11+. The van der Waals surface area contributed by atoms with E-state index in [2.05, 4.69) is 9.88 Å². The third kappa shape index (κ3) is 4.25. The molecule has 0 spiro atoms. The number of thiazole rings is 1. The van der Waals surface area contributed by atoms with Gasteiger partial charge in [-0.25, -0.2) is 4.98 Å². The maximum absolute atomic E-state index is 11.7. The summed E-state index contributed by atoms with van der Waals surface area (Å²) in [4.78, 5) is 17.6. The van der Waals surface area contributed by atoms with Gasteiger partial charge in [0.1, 0.15) is 5.52 Å². The van der Waals surface area contributed by atoms with Crippen molar-refractivity contribution < 1.29 is 14.4 Å². The molecule has 0 saturated carbocycles. The molecule has 1 fully saturated rings. The Bertz CT molecular complexity index is 1080. The number of anilines is 1. The largest absolute Gasteiger partial charge is 0.423 e. The summed E-state index contributed by atoms with van der Waals surface area (Å²) < 4.78 is 12.2. The Morgan fingerprint density at radius 1 is 1.24 bits per heavy atom. The number of morpholine rings is 1. The summed E-state index contributed by atoms with van der Waals surface area (Å²) in [5.74, 6) is 0.120. The SMILES string of the molecule is C[C@@H]1CN(c2ccc(Oc3nc4c(Cl)cc(Cl)cc4s3)c([N+](=O)[O-])c2)C[C@H](C)O1. The van der Waals surface area contributed by atoms with Gasteiger partial charge < -0.3 is 14.4 Å². The Kier molecular flexibility index (Phi) is 5.52. The van der Waals surface area contributed by atoms with E-state index in [0.29, 0.717) is 28.7 Å². The highest BCUT2D eigenvalue weighted by molar-refractivity contribution is 7.20. The van der Waals surface area contributed by atoms with E-state index in [1.165, 1.54) is 17.4 Å². The minimum absolute atomic E-state index is 0.0491. The molecule has 0 N–H and O–H groups in total. The molecular weight excluding hydrogens is 437 g/mol. The van der Waals surface area contributed by atoms with Crippen LogP contribution in [0.1, 0.15) is 13.8 Å². The van der Waals surface area contributed by atoms with Crippen LogP contribution in [0.2, 0.25) is 10.0 Å². The van der Waals surface area contributed by atoms with Crippen molar-refractivity contribution in [3.8, 4) is 10.9 Å². The number of ether oxygens (including phenoxy) is 2. The van der Waals surface area contributed by atoms with E-state index in [1.54, 1.807) is 18.2 Å². The fraction of sp³-hybridized carbons (Fsp3) is 0.316. The Labute approximate surface area is 180 Å². The van der Waals surface area contributed by atoms with Gasteiger partial charge in [0.15, 0.2) is 0 Å². The minimum atomic E-state index is -0.455. The van der Waals surface area contributed by atoms with Gasteiger partial charge in [0, 0.05) is 29.9 Å². The van der Waals surface area contributed by atoms with Crippen molar-refractivity contribution in [2.24, 2.45) is 0 Å². The molecule has 4 rings (SSSR count). The van der Waals surface area contributed by atoms with Crippen molar-refractivity contribution in [2.75, 3.05) is 18.0 Å². The van der Waals surface area contributed by atoms with Crippen LogP contribution in [-0.4, -0.2) is 35.2 Å². The van der Waals surface area contributed by atoms with Gasteiger partial charge in [-0.3, -0.25) is 10.1 Å². The van der Waals surface area contributed by atoms with E-state index >= 15 is 0 Å². The zero-order valence-electron chi connectivity index (χ0n) is 15.6. The summed E-state index contributed by atoms with van der Waals surface area (Å²) in [5, 5.41) is 12.8. The molecule has 3 aromatic rings. The number of benzene rings is 2. The molecule has 0 radical (unpaired) electrons. The van der Waals surface area contributed by atoms with Crippen molar-refractivity contribution in [1.29, 1.82) is 0 Å². The number of nitro benzene ring substituents is 1. The van der Waals surface area contributed by atoms with Crippen LogP contribution in [0.4, 0.5) is 11.4 Å². The van der Waals surface area contributed by atoms with Gasteiger partial charge >= 0.3 is 5.69 Å². The number of rotatable bonds is 4. The molecule has 1 aliphatic rings. The zero-order chi connectivity index (χ0) is 20.7. The monoisotopic (exact) mass is 453 g/mol.